The Balaban J connectivity index is 1.54. The number of ether oxygens (including phenoxy) is 2. The lowest BCUT2D eigenvalue weighted by molar-refractivity contribution is -0.122. The molecule has 1 amide bonds. The van der Waals surface area contributed by atoms with Crippen LogP contribution in [0.25, 0.3) is 6.08 Å². The lowest BCUT2D eigenvalue weighted by Gasteiger charge is -2.14. The van der Waals surface area contributed by atoms with Gasteiger partial charge in [-0.2, -0.15) is 0 Å². The van der Waals surface area contributed by atoms with Crippen molar-refractivity contribution in [3.8, 4) is 11.5 Å². The Kier molecular flexibility index (Phi) is 3.82. The van der Waals surface area contributed by atoms with Gasteiger partial charge in [0.2, 0.25) is 6.79 Å². The van der Waals surface area contributed by atoms with E-state index in [-0.39, 0.29) is 12.7 Å². The number of benzene rings is 1. The molecule has 1 saturated heterocycles. The van der Waals surface area contributed by atoms with Crippen LogP contribution in [0.2, 0.25) is 0 Å². The minimum absolute atomic E-state index is 0.114. The summed E-state index contributed by atoms with van der Waals surface area (Å²) in [5.41, 5.74) is 0.936. The average molecular weight is 359 g/mol. The van der Waals surface area contributed by atoms with Gasteiger partial charge in [0.1, 0.15) is 15.8 Å². The van der Waals surface area contributed by atoms with Crippen molar-refractivity contribution < 1.29 is 18.7 Å². The summed E-state index contributed by atoms with van der Waals surface area (Å²) in [4.78, 5) is 14.8. The molecule has 0 saturated carbocycles. The molecule has 0 unspecified atom stereocenters. The van der Waals surface area contributed by atoms with Gasteiger partial charge in [0.25, 0.3) is 5.91 Å². The van der Waals surface area contributed by atoms with Crippen LogP contribution in [0.15, 0.2) is 39.7 Å². The highest BCUT2D eigenvalue weighted by atomic mass is 32.2. The highest BCUT2D eigenvalue weighted by molar-refractivity contribution is 8.26. The fourth-order valence-electron chi connectivity index (χ4n) is 2.52. The Morgan fingerprint density at radius 3 is 2.88 bits per heavy atom. The number of thiocarbonyl (C=S) groups is 1. The van der Waals surface area contributed by atoms with Crippen LogP contribution in [0.1, 0.15) is 17.1 Å². The molecule has 0 radical (unpaired) electrons. The molecule has 0 atom stereocenters. The van der Waals surface area contributed by atoms with Crippen LogP contribution in [0.3, 0.4) is 0 Å². The lowest BCUT2D eigenvalue weighted by Crippen LogP contribution is -2.27. The Labute approximate surface area is 148 Å². The Hall–Kier alpha value is -2.25. The summed E-state index contributed by atoms with van der Waals surface area (Å²) in [5, 5.41) is 0. The first-order valence-corrected chi connectivity index (χ1v) is 8.53. The lowest BCUT2D eigenvalue weighted by atomic mass is 10.2. The van der Waals surface area contributed by atoms with Crippen LogP contribution >= 0.6 is 24.0 Å². The Morgan fingerprint density at radius 1 is 1.25 bits per heavy atom. The molecule has 7 heteroatoms. The molecule has 4 rings (SSSR count). The van der Waals surface area contributed by atoms with Crippen molar-refractivity contribution in [3.05, 3.63) is 52.3 Å². The van der Waals surface area contributed by atoms with Crippen molar-refractivity contribution in [1.82, 2.24) is 4.90 Å². The number of thioether (sulfide) groups is 1. The van der Waals surface area contributed by atoms with E-state index in [2.05, 4.69) is 0 Å². The Morgan fingerprint density at radius 2 is 2.08 bits per heavy atom. The first kappa shape index (κ1) is 15.3. The van der Waals surface area contributed by atoms with E-state index in [0.717, 1.165) is 17.1 Å². The maximum absolute atomic E-state index is 12.6. The van der Waals surface area contributed by atoms with Crippen molar-refractivity contribution in [1.29, 1.82) is 0 Å². The number of carbonyl (C=O) groups excluding carboxylic acids is 1. The van der Waals surface area contributed by atoms with Gasteiger partial charge in [0, 0.05) is 6.08 Å². The molecule has 24 heavy (non-hydrogen) atoms. The number of carbonyl (C=O) groups is 1. The van der Waals surface area contributed by atoms with Crippen LogP contribution in [0, 0.1) is 6.92 Å². The third kappa shape index (κ3) is 2.81. The minimum Gasteiger partial charge on any atom is -0.462 e. The molecule has 3 heterocycles. The van der Waals surface area contributed by atoms with Gasteiger partial charge in [0.15, 0.2) is 11.5 Å². The molecule has 5 nitrogen and oxygen atoms in total. The summed E-state index contributed by atoms with van der Waals surface area (Å²) >= 11 is 6.64. The Bertz CT molecular complexity index is 871. The van der Waals surface area contributed by atoms with Gasteiger partial charge in [-0.1, -0.05) is 30.0 Å². The summed E-state index contributed by atoms with van der Waals surface area (Å²) in [6, 6.07) is 9.32. The largest absolute Gasteiger partial charge is 0.462 e. The molecule has 1 fully saturated rings. The second-order valence-electron chi connectivity index (χ2n) is 5.40. The molecule has 2 aromatic rings. The van der Waals surface area contributed by atoms with E-state index in [1.54, 1.807) is 11.0 Å². The summed E-state index contributed by atoms with van der Waals surface area (Å²) in [5.74, 6) is 2.75. The van der Waals surface area contributed by atoms with Gasteiger partial charge in [-0.3, -0.25) is 9.69 Å². The van der Waals surface area contributed by atoms with Gasteiger partial charge >= 0.3 is 0 Å². The zero-order valence-electron chi connectivity index (χ0n) is 12.8. The number of hydrogen-bond donors (Lipinski definition) is 0. The van der Waals surface area contributed by atoms with E-state index in [9.17, 15) is 4.79 Å². The predicted octanol–water partition coefficient (Wildman–Crippen LogP) is 3.72. The second-order valence-corrected chi connectivity index (χ2v) is 7.08. The number of amides is 1. The number of fused-ring (bicyclic) bond motifs is 1. The van der Waals surface area contributed by atoms with Crippen molar-refractivity contribution in [2.24, 2.45) is 0 Å². The third-order valence-corrected chi connectivity index (χ3v) is 5.06. The first-order chi connectivity index (χ1) is 11.6. The molecule has 1 aromatic heterocycles. The molecule has 0 spiro atoms. The normalized spacial score (nSPS) is 18.0. The average Bonchev–Trinajstić information content (AvgIpc) is 3.24. The maximum atomic E-state index is 12.6. The number of hydrogen-bond acceptors (Lipinski definition) is 6. The van der Waals surface area contributed by atoms with Crippen LogP contribution in [-0.4, -0.2) is 21.9 Å². The SMILES string of the molecule is Cc1ccc(/C=C2/SC(=S)N(Cc3ccc4c(c3)OCO4)C2=O)o1. The van der Waals surface area contributed by atoms with Gasteiger partial charge in [-0.15, -0.1) is 0 Å². The topological polar surface area (TPSA) is 51.9 Å². The minimum atomic E-state index is -0.114. The summed E-state index contributed by atoms with van der Waals surface area (Å²) in [6.07, 6.45) is 1.73. The van der Waals surface area contributed by atoms with Crippen molar-refractivity contribution in [2.45, 2.75) is 13.5 Å². The van der Waals surface area contributed by atoms with Gasteiger partial charge in [-0.25, -0.2) is 0 Å². The predicted molar refractivity (Wildman–Crippen MR) is 94.7 cm³/mol. The fraction of sp³-hybridized carbons (Fsp3) is 0.176. The molecule has 2 aliphatic rings. The molecular weight excluding hydrogens is 346 g/mol. The second kappa shape index (κ2) is 5.99. The van der Waals surface area contributed by atoms with Gasteiger partial charge in [-0.05, 0) is 36.8 Å². The third-order valence-electron chi connectivity index (χ3n) is 3.69. The van der Waals surface area contributed by atoms with E-state index >= 15 is 0 Å². The zero-order chi connectivity index (χ0) is 16.7. The van der Waals surface area contributed by atoms with Crippen molar-refractivity contribution in [3.63, 3.8) is 0 Å². The molecule has 0 N–H and O–H groups in total. The summed E-state index contributed by atoms with van der Waals surface area (Å²) < 4.78 is 16.7. The van der Waals surface area contributed by atoms with Crippen molar-refractivity contribution >= 4 is 40.3 Å². The van der Waals surface area contributed by atoms with Crippen LogP contribution < -0.4 is 9.47 Å². The highest BCUT2D eigenvalue weighted by Gasteiger charge is 2.32. The van der Waals surface area contributed by atoms with E-state index in [0.29, 0.717) is 27.3 Å². The van der Waals surface area contributed by atoms with Crippen molar-refractivity contribution in [2.75, 3.05) is 6.79 Å². The van der Waals surface area contributed by atoms with Gasteiger partial charge < -0.3 is 13.9 Å². The first-order valence-electron chi connectivity index (χ1n) is 7.30. The standard InChI is InChI=1S/C17H13NO4S2/c1-10-2-4-12(22-10)7-15-16(19)18(17(23)24-15)8-11-3-5-13-14(6-11)21-9-20-13/h2-7H,8-9H2,1H3/b15-7+. The smallest absolute Gasteiger partial charge is 0.266 e. The van der Waals surface area contributed by atoms with E-state index in [1.807, 2.05) is 37.3 Å². The maximum Gasteiger partial charge on any atom is 0.266 e. The number of furan rings is 1. The highest BCUT2D eigenvalue weighted by Crippen LogP contribution is 2.36. The fourth-order valence-corrected chi connectivity index (χ4v) is 3.75. The van der Waals surface area contributed by atoms with Crippen LogP contribution in [0.5, 0.6) is 11.5 Å². The molecular formula is C17H13NO4S2. The monoisotopic (exact) mass is 359 g/mol. The summed E-state index contributed by atoms with van der Waals surface area (Å²) in [7, 11) is 0. The summed E-state index contributed by atoms with van der Waals surface area (Å²) in [6.45, 7) is 2.49. The molecule has 0 aliphatic carbocycles. The molecule has 0 bridgehead atoms. The van der Waals surface area contributed by atoms with Crippen LogP contribution in [0.4, 0.5) is 0 Å². The van der Waals surface area contributed by atoms with Gasteiger partial charge in [0.05, 0.1) is 11.4 Å². The zero-order valence-corrected chi connectivity index (χ0v) is 14.4. The molecule has 1 aromatic carbocycles. The quantitative estimate of drug-likeness (QED) is 0.615. The molecule has 2 aliphatic heterocycles. The van der Waals surface area contributed by atoms with E-state index < -0.39 is 0 Å². The van der Waals surface area contributed by atoms with E-state index in [4.69, 9.17) is 26.1 Å². The van der Waals surface area contributed by atoms with E-state index in [1.165, 1.54) is 11.8 Å². The number of nitrogens with zero attached hydrogens (tertiary/aromatic N) is 1. The van der Waals surface area contributed by atoms with Crippen LogP contribution in [-0.2, 0) is 11.3 Å². The molecule has 122 valence electrons. The number of rotatable bonds is 3. The number of aryl methyl sites for hydroxylation is 1.